The van der Waals surface area contributed by atoms with Gasteiger partial charge in [-0.15, -0.1) is 4.41 Å². The normalized spacial score (nSPS) is 17.8. The summed E-state index contributed by atoms with van der Waals surface area (Å²) in [5.74, 6) is -1.50. The number of hydrazine groups is 1. The lowest BCUT2D eigenvalue weighted by molar-refractivity contribution is -0.137. The van der Waals surface area contributed by atoms with Crippen molar-refractivity contribution < 1.29 is 22.7 Å². The molecule has 10 heteroatoms. The second-order valence-electron chi connectivity index (χ2n) is 8.73. The van der Waals surface area contributed by atoms with Gasteiger partial charge in [-0.05, 0) is 48.4 Å². The number of carboxylic acid groups (broad SMARTS) is 1. The first-order chi connectivity index (χ1) is 17.1. The third-order valence-electron chi connectivity index (χ3n) is 6.66. The van der Waals surface area contributed by atoms with E-state index >= 15 is 0 Å². The van der Waals surface area contributed by atoms with Gasteiger partial charge >= 0.3 is 5.97 Å². The van der Waals surface area contributed by atoms with E-state index in [0.717, 1.165) is 0 Å². The smallest absolute Gasteiger partial charge is 0.323 e. The minimum absolute atomic E-state index is 0.00941. The lowest BCUT2D eigenvalue weighted by atomic mass is 9.95. The van der Waals surface area contributed by atoms with E-state index in [1.165, 1.54) is 16.5 Å². The van der Waals surface area contributed by atoms with Crippen molar-refractivity contribution in [2.75, 3.05) is 7.05 Å². The number of halogens is 2. The van der Waals surface area contributed by atoms with Gasteiger partial charge in [-0.1, -0.05) is 48.0 Å². The van der Waals surface area contributed by atoms with Crippen molar-refractivity contribution in [2.24, 2.45) is 0 Å². The molecule has 186 valence electrons. The number of hydrogen-bond donors (Lipinski definition) is 1. The Kier molecular flexibility index (Phi) is 6.12. The molecule has 5 rings (SSSR count). The highest BCUT2D eigenvalue weighted by molar-refractivity contribution is 7.89. The highest BCUT2D eigenvalue weighted by atomic mass is 35.5. The fourth-order valence-corrected chi connectivity index (χ4v) is 6.92. The van der Waals surface area contributed by atoms with Crippen LogP contribution in [0.2, 0.25) is 5.02 Å². The predicted molar refractivity (Wildman–Crippen MR) is 134 cm³/mol. The van der Waals surface area contributed by atoms with Crippen molar-refractivity contribution in [2.45, 2.75) is 31.0 Å². The van der Waals surface area contributed by atoms with Crippen LogP contribution < -0.4 is 0 Å². The molecular weight excluding hydrogens is 505 g/mol. The van der Waals surface area contributed by atoms with Crippen LogP contribution in [0.3, 0.4) is 0 Å². The van der Waals surface area contributed by atoms with E-state index in [4.69, 9.17) is 11.6 Å². The molecule has 0 aliphatic carbocycles. The number of carboxylic acids is 1. The van der Waals surface area contributed by atoms with Crippen LogP contribution in [0.1, 0.15) is 28.4 Å². The maximum Gasteiger partial charge on any atom is 0.323 e. The van der Waals surface area contributed by atoms with Gasteiger partial charge in [0.05, 0.1) is 17.5 Å². The van der Waals surface area contributed by atoms with Crippen molar-refractivity contribution in [3.05, 3.63) is 100.0 Å². The first kappa shape index (κ1) is 24.5. The molecule has 0 saturated carbocycles. The van der Waals surface area contributed by atoms with Crippen LogP contribution in [0.25, 0.3) is 10.9 Å². The second kappa shape index (κ2) is 9.01. The third kappa shape index (κ3) is 3.88. The summed E-state index contributed by atoms with van der Waals surface area (Å²) < 4.78 is 44.8. The number of benzene rings is 3. The predicted octanol–water partition coefficient (Wildman–Crippen LogP) is 4.97. The van der Waals surface area contributed by atoms with Gasteiger partial charge in [0.15, 0.2) is 0 Å². The van der Waals surface area contributed by atoms with E-state index in [2.05, 4.69) is 0 Å². The Labute approximate surface area is 213 Å². The van der Waals surface area contributed by atoms with Gasteiger partial charge in [0, 0.05) is 34.2 Å². The van der Waals surface area contributed by atoms with Gasteiger partial charge in [-0.25, -0.2) is 17.8 Å². The zero-order chi connectivity index (χ0) is 25.8. The number of fused-ring (bicyclic) bond motifs is 2. The molecule has 36 heavy (non-hydrogen) atoms. The SMILES string of the molecule is Cc1c(C2c3ccccc3S(=O)(=O)N(Cc3ccccc3Cl)N2C)c2cc(F)ccc2n1CC(=O)O. The average molecular weight is 528 g/mol. The first-order valence-corrected chi connectivity index (χ1v) is 13.0. The van der Waals surface area contributed by atoms with Crippen molar-refractivity contribution in [3.8, 4) is 0 Å². The lowest BCUT2D eigenvalue weighted by Crippen LogP contribution is -2.49. The summed E-state index contributed by atoms with van der Waals surface area (Å²) >= 11 is 6.37. The van der Waals surface area contributed by atoms with Crippen LogP contribution >= 0.6 is 11.6 Å². The maximum absolute atomic E-state index is 14.5. The van der Waals surface area contributed by atoms with E-state index in [9.17, 15) is 22.7 Å². The largest absolute Gasteiger partial charge is 0.480 e. The third-order valence-corrected chi connectivity index (χ3v) is 8.90. The number of nitrogens with zero attached hydrogens (tertiary/aromatic N) is 3. The van der Waals surface area contributed by atoms with Crippen LogP contribution in [0, 0.1) is 12.7 Å². The molecule has 0 bridgehead atoms. The van der Waals surface area contributed by atoms with E-state index < -0.39 is 27.9 Å². The van der Waals surface area contributed by atoms with Crippen LogP contribution in [0.4, 0.5) is 4.39 Å². The molecule has 0 saturated heterocycles. The van der Waals surface area contributed by atoms with E-state index in [1.807, 2.05) is 0 Å². The van der Waals surface area contributed by atoms with Crippen LogP contribution in [0.5, 0.6) is 0 Å². The average Bonchev–Trinajstić information content (AvgIpc) is 3.08. The zero-order valence-corrected chi connectivity index (χ0v) is 21.1. The molecule has 0 spiro atoms. The van der Waals surface area contributed by atoms with Gasteiger partial charge < -0.3 is 9.67 Å². The number of rotatable bonds is 5. The molecule has 1 atom stereocenters. The minimum atomic E-state index is -3.95. The van der Waals surface area contributed by atoms with Gasteiger partial charge in [0.25, 0.3) is 10.0 Å². The molecular formula is C26H23ClFN3O4S. The summed E-state index contributed by atoms with van der Waals surface area (Å²) in [6.45, 7) is 1.45. The molecule has 4 aromatic rings. The molecule has 1 aliphatic heterocycles. The molecule has 3 aromatic carbocycles. The molecule has 0 amide bonds. The van der Waals surface area contributed by atoms with Gasteiger partial charge in [0.2, 0.25) is 0 Å². The Morgan fingerprint density at radius 2 is 1.78 bits per heavy atom. The first-order valence-electron chi connectivity index (χ1n) is 11.2. The van der Waals surface area contributed by atoms with Crippen molar-refractivity contribution >= 4 is 38.5 Å². The molecule has 1 aliphatic rings. The number of carbonyl (C=O) groups is 1. The highest BCUT2D eigenvalue weighted by Crippen LogP contribution is 2.45. The Hall–Kier alpha value is -3.24. The number of aromatic nitrogens is 1. The summed E-state index contributed by atoms with van der Waals surface area (Å²) in [5.41, 5.74) is 2.96. The fourth-order valence-electron chi connectivity index (χ4n) is 5.03. The standard InChI is InChI=1S/C26H23ClFN3O4S/c1-16-25(20-13-18(28)11-12-22(20)30(16)15-24(32)33)26-19-8-4-6-10-23(19)36(34,35)31(29(26)2)14-17-7-3-5-9-21(17)27/h3-13,26H,14-15H2,1-2H3,(H,32,33). The molecule has 7 nitrogen and oxygen atoms in total. The number of hydrogen-bond acceptors (Lipinski definition) is 4. The summed E-state index contributed by atoms with van der Waals surface area (Å²) in [5, 5.41) is 12.1. The van der Waals surface area contributed by atoms with Gasteiger partial charge in [-0.2, -0.15) is 0 Å². The minimum Gasteiger partial charge on any atom is -0.480 e. The highest BCUT2D eigenvalue weighted by Gasteiger charge is 2.43. The zero-order valence-electron chi connectivity index (χ0n) is 19.5. The lowest BCUT2D eigenvalue weighted by Gasteiger charge is -2.42. The summed E-state index contributed by atoms with van der Waals surface area (Å²) in [6, 6.07) is 17.3. The molecule has 2 heterocycles. The molecule has 0 radical (unpaired) electrons. The number of sulfonamides is 1. The van der Waals surface area contributed by atoms with Gasteiger partial charge in [0.1, 0.15) is 12.4 Å². The summed E-state index contributed by atoms with van der Waals surface area (Å²) in [4.78, 5) is 11.8. The van der Waals surface area contributed by atoms with Gasteiger partial charge in [-0.3, -0.25) is 4.79 Å². The molecule has 0 fully saturated rings. The molecule has 1 N–H and O–H groups in total. The van der Waals surface area contributed by atoms with E-state index in [-0.39, 0.29) is 18.0 Å². The van der Waals surface area contributed by atoms with Crippen LogP contribution in [-0.2, 0) is 27.9 Å². The summed E-state index contributed by atoms with van der Waals surface area (Å²) in [7, 11) is -2.29. The van der Waals surface area contributed by atoms with E-state index in [1.54, 1.807) is 78.1 Å². The monoisotopic (exact) mass is 527 g/mol. The van der Waals surface area contributed by atoms with Crippen molar-refractivity contribution in [1.29, 1.82) is 0 Å². The van der Waals surface area contributed by atoms with Crippen LogP contribution in [0.15, 0.2) is 71.6 Å². The summed E-state index contributed by atoms with van der Waals surface area (Å²) in [6.07, 6.45) is 0. The van der Waals surface area contributed by atoms with Crippen LogP contribution in [-0.4, -0.2) is 40.5 Å². The fraction of sp³-hybridized carbons (Fsp3) is 0.192. The van der Waals surface area contributed by atoms with E-state index in [0.29, 0.717) is 38.3 Å². The second-order valence-corrected chi connectivity index (χ2v) is 10.9. The topological polar surface area (TPSA) is 82.9 Å². The molecule has 1 aromatic heterocycles. The Bertz CT molecular complexity index is 1620. The van der Waals surface area contributed by atoms with Crippen molar-refractivity contribution in [3.63, 3.8) is 0 Å². The maximum atomic E-state index is 14.5. The number of aliphatic carboxylic acids is 1. The van der Waals surface area contributed by atoms with Crippen molar-refractivity contribution in [1.82, 2.24) is 14.0 Å². The Morgan fingerprint density at radius 1 is 1.08 bits per heavy atom. The Balaban J connectivity index is 1.77. The molecule has 1 unspecified atom stereocenters. The Morgan fingerprint density at radius 3 is 2.50 bits per heavy atom. The quantitative estimate of drug-likeness (QED) is 0.396.